The van der Waals surface area contributed by atoms with E-state index in [0.29, 0.717) is 11.3 Å². The second-order valence-corrected chi connectivity index (χ2v) is 4.31. The quantitative estimate of drug-likeness (QED) is 0.703. The molecule has 0 radical (unpaired) electrons. The molecule has 10 nitrogen and oxygen atoms in total. The van der Waals surface area contributed by atoms with Crippen molar-refractivity contribution in [2.75, 3.05) is 0 Å². The highest BCUT2D eigenvalue weighted by Crippen LogP contribution is 2.20. The van der Waals surface area contributed by atoms with Gasteiger partial charge in [0.05, 0.1) is 11.8 Å². The van der Waals surface area contributed by atoms with Crippen LogP contribution in [0.4, 0.5) is 0 Å². The van der Waals surface area contributed by atoms with Crippen molar-refractivity contribution in [3.05, 3.63) is 39.7 Å². The van der Waals surface area contributed by atoms with Crippen LogP contribution in [0.5, 0.6) is 5.88 Å². The smallest absolute Gasteiger partial charge is 0.368 e. The van der Waals surface area contributed by atoms with Crippen molar-refractivity contribution in [3.8, 4) is 11.6 Å². The van der Waals surface area contributed by atoms with Gasteiger partial charge in [-0.15, -0.1) is 10.2 Å². The lowest BCUT2D eigenvalue weighted by Crippen LogP contribution is -2.23. The van der Waals surface area contributed by atoms with Gasteiger partial charge in [0.2, 0.25) is 5.88 Å². The molecule has 0 amide bonds. The molecule has 11 heteroatoms. The number of rotatable bonds is 4. The SMILES string of the molecule is [3H]n1ccc(OCc2c(-n3nnn(C)c3=O)cnnc2Cl)n1. The Bertz CT molecular complexity index is 872. The molecular weight excluding hydrogens is 300 g/mol. The molecule has 0 fully saturated rings. The van der Waals surface area contributed by atoms with Crippen LogP contribution in [-0.2, 0) is 13.7 Å². The minimum Gasteiger partial charge on any atom is -0.472 e. The fourth-order valence-electron chi connectivity index (χ4n) is 1.60. The fraction of sp³-hybridized carbons (Fsp3) is 0.200. The van der Waals surface area contributed by atoms with E-state index < -0.39 is 5.69 Å². The van der Waals surface area contributed by atoms with Crippen LogP contribution in [0.3, 0.4) is 0 Å². The maximum absolute atomic E-state index is 11.9. The number of nitrogens with one attached hydrogen (secondary N) is 1. The van der Waals surface area contributed by atoms with Gasteiger partial charge in [-0.3, -0.25) is 5.09 Å². The number of H-pyrrole nitrogens is 1. The van der Waals surface area contributed by atoms with Gasteiger partial charge in [-0.25, -0.2) is 4.79 Å². The average molecular weight is 311 g/mol. The lowest BCUT2D eigenvalue weighted by Gasteiger charge is -2.08. The van der Waals surface area contributed by atoms with Gasteiger partial charge in [-0.1, -0.05) is 11.6 Å². The summed E-state index contributed by atoms with van der Waals surface area (Å²) in [6, 6.07) is 1.52. The Morgan fingerprint density at radius 2 is 2.38 bits per heavy atom. The largest absolute Gasteiger partial charge is 0.472 e. The van der Waals surface area contributed by atoms with Gasteiger partial charge >= 0.3 is 5.69 Å². The first-order valence-corrected chi connectivity index (χ1v) is 6.11. The fourth-order valence-corrected chi connectivity index (χ4v) is 1.80. The Morgan fingerprint density at radius 1 is 1.52 bits per heavy atom. The molecular formula is C10H9ClN8O2. The van der Waals surface area contributed by atoms with E-state index in [9.17, 15) is 4.79 Å². The standard InChI is InChI=1S/C10H9ClN8O2/c1-18-10(20)19(17-16-18)7-4-13-15-9(11)6(7)5-21-8-2-3-12-14-8/h2-4H,5H2,1H3,(H,12,14)/i/hT. The van der Waals surface area contributed by atoms with Crippen molar-refractivity contribution in [1.29, 1.82) is 0 Å². The number of aryl methyl sites for hydroxylation is 1. The van der Waals surface area contributed by atoms with E-state index in [1.165, 1.54) is 25.5 Å². The minimum absolute atomic E-state index is 0.0241. The monoisotopic (exact) mass is 310 g/mol. The van der Waals surface area contributed by atoms with E-state index in [2.05, 4.69) is 25.7 Å². The zero-order valence-electron chi connectivity index (χ0n) is 11.7. The summed E-state index contributed by atoms with van der Waals surface area (Å²) in [6.45, 7) is -0.0241. The molecule has 108 valence electrons. The molecule has 3 heterocycles. The van der Waals surface area contributed by atoms with Crippen LogP contribution in [0.15, 0.2) is 23.3 Å². The first-order valence-electron chi connectivity index (χ1n) is 6.18. The molecule has 0 saturated heterocycles. The summed E-state index contributed by atoms with van der Waals surface area (Å²) in [5.74, 6) is 0.236. The number of aromatic amines is 1. The third-order valence-corrected chi connectivity index (χ3v) is 2.94. The molecule has 0 aliphatic carbocycles. The van der Waals surface area contributed by atoms with Crippen LogP contribution >= 0.6 is 11.6 Å². The average Bonchev–Trinajstić information content (AvgIpc) is 3.05. The maximum Gasteiger partial charge on any atom is 0.368 e. The Balaban J connectivity index is 1.96. The number of hydrogen-bond acceptors (Lipinski definition) is 7. The third-order valence-electron chi connectivity index (χ3n) is 2.64. The maximum atomic E-state index is 11.9. The molecule has 0 aliphatic heterocycles. The molecule has 0 atom stereocenters. The molecule has 3 rings (SSSR count). The Morgan fingerprint density at radius 3 is 3.05 bits per heavy atom. The summed E-state index contributed by atoms with van der Waals surface area (Å²) < 4.78 is 14.8. The predicted octanol–water partition coefficient (Wildman–Crippen LogP) is -0.289. The Kier molecular flexibility index (Phi) is 3.05. The molecule has 0 aliphatic rings. The highest BCUT2D eigenvalue weighted by molar-refractivity contribution is 6.30. The number of hydrogen-bond donors (Lipinski definition) is 1. The first kappa shape index (κ1) is 12.0. The minimum atomic E-state index is -0.458. The topological polar surface area (TPSA) is 116 Å². The van der Waals surface area contributed by atoms with Crippen molar-refractivity contribution in [3.63, 3.8) is 0 Å². The number of aromatic nitrogens is 8. The summed E-state index contributed by atoms with van der Waals surface area (Å²) in [6.07, 6.45) is 2.75. The van der Waals surface area contributed by atoms with Gasteiger partial charge in [0.1, 0.15) is 12.3 Å². The number of tetrazole rings is 1. The van der Waals surface area contributed by atoms with Crippen molar-refractivity contribution in [2.24, 2.45) is 7.05 Å². The van der Waals surface area contributed by atoms with Gasteiger partial charge in [0.15, 0.2) is 6.56 Å². The normalized spacial score (nSPS) is 11.4. The van der Waals surface area contributed by atoms with Gasteiger partial charge in [-0.2, -0.15) is 14.5 Å². The van der Waals surface area contributed by atoms with Crippen LogP contribution < -0.4 is 10.4 Å². The highest BCUT2D eigenvalue weighted by atomic mass is 35.5. The summed E-state index contributed by atoms with van der Waals surface area (Å²) in [4.78, 5) is 11.9. The third kappa shape index (κ3) is 2.48. The van der Waals surface area contributed by atoms with Crippen LogP contribution in [0, 0.1) is 0 Å². The molecule has 0 unspecified atom stereocenters. The lowest BCUT2D eigenvalue weighted by molar-refractivity contribution is 0.292. The number of halogens is 1. The van der Waals surface area contributed by atoms with Gasteiger partial charge < -0.3 is 4.74 Å². The molecule has 0 spiro atoms. The second-order valence-electron chi connectivity index (χ2n) is 3.95. The summed E-state index contributed by atoms with van der Waals surface area (Å²) in [7, 11) is 1.47. The van der Waals surface area contributed by atoms with Crippen molar-refractivity contribution >= 4 is 11.6 Å². The number of ether oxygens (including phenoxy) is 1. The molecule has 0 saturated carbocycles. The van der Waals surface area contributed by atoms with E-state index in [4.69, 9.17) is 17.7 Å². The first-order chi connectivity index (χ1) is 10.6. The predicted molar refractivity (Wildman–Crippen MR) is 70.1 cm³/mol. The van der Waals surface area contributed by atoms with Crippen molar-refractivity contribution in [2.45, 2.75) is 6.61 Å². The number of nitrogens with zero attached hydrogens (tertiary/aromatic N) is 7. The van der Waals surface area contributed by atoms with Crippen molar-refractivity contribution < 1.29 is 6.15 Å². The van der Waals surface area contributed by atoms with Crippen LogP contribution in [0.2, 0.25) is 6.56 Å². The molecule has 0 bridgehead atoms. The summed E-state index contributed by atoms with van der Waals surface area (Å²) in [5, 5.41) is 19.5. The van der Waals surface area contributed by atoms with Gasteiger partial charge in [-0.05, 0) is 10.4 Å². The molecule has 21 heavy (non-hydrogen) atoms. The molecule has 1 N–H and O–H groups in total. The zero-order chi connectivity index (χ0) is 15.7. The van der Waals surface area contributed by atoms with E-state index in [1.54, 1.807) is 0 Å². The van der Waals surface area contributed by atoms with E-state index in [1.807, 2.05) is 0 Å². The molecule has 0 aromatic carbocycles. The molecule has 3 aromatic heterocycles. The lowest BCUT2D eigenvalue weighted by atomic mass is 10.3. The zero-order valence-corrected chi connectivity index (χ0v) is 11.5. The van der Waals surface area contributed by atoms with E-state index in [0.717, 1.165) is 14.5 Å². The van der Waals surface area contributed by atoms with E-state index >= 15 is 0 Å². The summed E-state index contributed by atoms with van der Waals surface area (Å²) >= 11 is 6.02. The van der Waals surface area contributed by atoms with Crippen molar-refractivity contribution in [1.82, 2.24) is 40.2 Å². The summed E-state index contributed by atoms with van der Waals surface area (Å²) in [5.41, 5.74) is 0.253. The van der Waals surface area contributed by atoms with E-state index in [-0.39, 0.29) is 17.6 Å². The highest BCUT2D eigenvalue weighted by Gasteiger charge is 2.16. The Labute approximate surface area is 123 Å². The second kappa shape index (κ2) is 5.32. The Hall–Kier alpha value is -2.75. The van der Waals surface area contributed by atoms with Crippen LogP contribution in [0.25, 0.3) is 5.69 Å². The molecule has 3 aromatic rings. The van der Waals surface area contributed by atoms with Crippen LogP contribution in [0.1, 0.15) is 5.56 Å². The van der Waals surface area contributed by atoms with Gasteiger partial charge in [0, 0.05) is 19.3 Å². The van der Waals surface area contributed by atoms with Gasteiger partial charge in [0.25, 0.3) is 0 Å². The van der Waals surface area contributed by atoms with Crippen LogP contribution in [-0.4, -0.2) is 40.2 Å².